The average molecular weight is 400 g/mol. The summed E-state index contributed by atoms with van der Waals surface area (Å²) in [5, 5.41) is 26.5. The lowest BCUT2D eigenvalue weighted by molar-refractivity contribution is 0.806. The van der Waals surface area contributed by atoms with E-state index < -0.39 is 6.04 Å². The molecule has 0 bridgehead atoms. The summed E-state index contributed by atoms with van der Waals surface area (Å²) in [7, 11) is 0. The molecule has 0 saturated carbocycles. The molecule has 2 aromatic heterocycles. The second-order valence-electron chi connectivity index (χ2n) is 7.18. The van der Waals surface area contributed by atoms with Crippen molar-refractivity contribution in [3.8, 4) is 12.1 Å². The van der Waals surface area contributed by atoms with E-state index >= 15 is 0 Å². The van der Waals surface area contributed by atoms with Crippen LogP contribution in [0.15, 0.2) is 66.4 Å². The van der Waals surface area contributed by atoms with Crippen LogP contribution in [0.5, 0.6) is 0 Å². The molecule has 4 nitrogen and oxygen atoms in total. The third-order valence-corrected chi connectivity index (χ3v) is 6.58. The molecule has 30 heavy (non-hydrogen) atoms. The SMILES string of the molecule is N#CC1=CC(n2c3ccccc3c3cc4c(cc32)sc2c#cccc24)=CC(C#N)N1. The van der Waals surface area contributed by atoms with E-state index in [4.69, 9.17) is 0 Å². The maximum Gasteiger partial charge on any atom is 0.136 e. The number of nitrogens with one attached hydrogen (secondary N) is 1. The van der Waals surface area contributed by atoms with Crippen molar-refractivity contribution >= 4 is 59.0 Å². The van der Waals surface area contributed by atoms with Gasteiger partial charge in [0.05, 0.1) is 21.8 Å². The normalized spacial score (nSPS) is 16.0. The van der Waals surface area contributed by atoms with E-state index in [1.165, 1.54) is 15.5 Å². The van der Waals surface area contributed by atoms with Crippen LogP contribution in [0, 0.1) is 34.8 Å². The molecule has 1 aliphatic heterocycles. The molecule has 1 atom stereocenters. The standard InChI is InChI=1S/C25H12N4S/c26-13-15-9-17(10-16(14-27)28-15)29-22-7-3-1-5-18(22)20-11-21-19-6-2-4-8-24(19)30-25(21)12-23(20)29/h1-3,5-7,9-12,15,28H. The van der Waals surface area contributed by atoms with Gasteiger partial charge in [-0.2, -0.15) is 10.5 Å². The van der Waals surface area contributed by atoms with Crippen LogP contribution in [-0.2, 0) is 0 Å². The molecule has 3 heterocycles. The first-order valence-corrected chi connectivity index (χ1v) is 10.3. The zero-order chi connectivity index (χ0) is 20.2. The van der Waals surface area contributed by atoms with Crippen LogP contribution in [0.2, 0.25) is 0 Å². The number of hydrogen-bond acceptors (Lipinski definition) is 4. The minimum atomic E-state index is -0.547. The van der Waals surface area contributed by atoms with Gasteiger partial charge < -0.3 is 9.88 Å². The van der Waals surface area contributed by atoms with Crippen LogP contribution in [0.4, 0.5) is 0 Å². The molecule has 0 saturated heterocycles. The number of fused-ring (bicyclic) bond motifs is 6. The zero-order valence-corrected chi connectivity index (χ0v) is 16.4. The molecule has 5 heteroatoms. The molecule has 6 rings (SSSR count). The predicted molar refractivity (Wildman–Crippen MR) is 121 cm³/mol. The molecular formula is C25H12N4S. The van der Waals surface area contributed by atoms with Gasteiger partial charge in [0.2, 0.25) is 0 Å². The van der Waals surface area contributed by atoms with Gasteiger partial charge in [-0.25, -0.2) is 0 Å². The third kappa shape index (κ3) is 2.26. The van der Waals surface area contributed by atoms with E-state index in [9.17, 15) is 10.5 Å². The topological polar surface area (TPSA) is 64.5 Å². The van der Waals surface area contributed by atoms with E-state index in [0.717, 1.165) is 32.2 Å². The minimum Gasteiger partial charge on any atom is -0.358 e. The van der Waals surface area contributed by atoms with Gasteiger partial charge in [0.1, 0.15) is 17.8 Å². The van der Waals surface area contributed by atoms with Crippen molar-refractivity contribution in [2.45, 2.75) is 6.04 Å². The first-order chi connectivity index (χ1) is 14.8. The van der Waals surface area contributed by atoms with Crippen molar-refractivity contribution in [2.24, 2.45) is 0 Å². The van der Waals surface area contributed by atoms with Gasteiger partial charge in [0.25, 0.3) is 0 Å². The Morgan fingerprint density at radius 3 is 2.77 bits per heavy atom. The smallest absolute Gasteiger partial charge is 0.136 e. The van der Waals surface area contributed by atoms with Gasteiger partial charge in [-0.1, -0.05) is 30.3 Å². The Kier molecular flexibility index (Phi) is 3.41. The van der Waals surface area contributed by atoms with Crippen molar-refractivity contribution in [3.63, 3.8) is 0 Å². The molecule has 3 aromatic carbocycles. The van der Waals surface area contributed by atoms with E-state index in [0.29, 0.717) is 5.70 Å². The number of allylic oxidation sites excluding steroid dienone is 3. The highest BCUT2D eigenvalue weighted by molar-refractivity contribution is 7.25. The molecule has 1 aliphatic rings. The van der Waals surface area contributed by atoms with Gasteiger partial charge in [-0.05, 0) is 42.5 Å². The molecule has 0 aliphatic carbocycles. The summed E-state index contributed by atoms with van der Waals surface area (Å²) < 4.78 is 4.41. The summed E-state index contributed by atoms with van der Waals surface area (Å²) >= 11 is 1.70. The quantitative estimate of drug-likeness (QED) is 0.404. The van der Waals surface area contributed by atoms with Crippen molar-refractivity contribution in [2.75, 3.05) is 0 Å². The van der Waals surface area contributed by atoms with Gasteiger partial charge in [-0.15, -0.1) is 11.3 Å². The van der Waals surface area contributed by atoms with E-state index in [1.807, 2.05) is 24.3 Å². The van der Waals surface area contributed by atoms with Gasteiger partial charge in [0.15, 0.2) is 0 Å². The Balaban J connectivity index is 1.76. The molecule has 0 fully saturated rings. The fourth-order valence-corrected chi connectivity index (χ4v) is 5.30. The molecule has 1 unspecified atom stereocenters. The maximum absolute atomic E-state index is 9.46. The summed E-state index contributed by atoms with van der Waals surface area (Å²) in [5.74, 6) is 0. The maximum atomic E-state index is 9.46. The number of aromatic nitrogens is 1. The lowest BCUT2D eigenvalue weighted by Gasteiger charge is -2.18. The first-order valence-electron chi connectivity index (χ1n) is 9.45. The van der Waals surface area contributed by atoms with Gasteiger partial charge in [-0.3, -0.25) is 0 Å². The number of hydrogen-bond donors (Lipinski definition) is 1. The highest BCUT2D eigenvalue weighted by Crippen LogP contribution is 2.40. The molecule has 138 valence electrons. The van der Waals surface area contributed by atoms with E-state index in [1.54, 1.807) is 17.4 Å². The lowest BCUT2D eigenvalue weighted by Crippen LogP contribution is -2.28. The monoisotopic (exact) mass is 400 g/mol. The number of thiophene rings is 1. The Morgan fingerprint density at radius 2 is 1.90 bits per heavy atom. The summed E-state index contributed by atoms with van der Waals surface area (Å²) in [4.78, 5) is 0. The molecule has 0 amide bonds. The van der Waals surface area contributed by atoms with Crippen LogP contribution in [0.3, 0.4) is 0 Å². The number of para-hydroxylation sites is 1. The van der Waals surface area contributed by atoms with E-state index in [2.05, 4.69) is 64.5 Å². The van der Waals surface area contributed by atoms with Crippen LogP contribution in [0.25, 0.3) is 47.7 Å². The first kappa shape index (κ1) is 16.7. The van der Waals surface area contributed by atoms with Crippen molar-refractivity contribution < 1.29 is 0 Å². The zero-order valence-electron chi connectivity index (χ0n) is 15.6. The molecule has 0 radical (unpaired) electrons. The van der Waals surface area contributed by atoms with Crippen LogP contribution >= 0.6 is 11.3 Å². The van der Waals surface area contributed by atoms with Crippen LogP contribution < -0.4 is 5.32 Å². The third-order valence-electron chi connectivity index (χ3n) is 5.50. The highest BCUT2D eigenvalue weighted by Gasteiger charge is 2.20. The molecule has 0 spiro atoms. The molecule has 1 N–H and O–H groups in total. The average Bonchev–Trinajstić information content (AvgIpc) is 3.32. The number of nitrogens with zero attached hydrogens (tertiary/aromatic N) is 3. The van der Waals surface area contributed by atoms with Gasteiger partial charge >= 0.3 is 0 Å². The number of benzene rings is 2. The molecule has 5 aromatic rings. The second-order valence-corrected chi connectivity index (χ2v) is 8.23. The highest BCUT2D eigenvalue weighted by atomic mass is 32.1. The van der Waals surface area contributed by atoms with Crippen molar-refractivity contribution in [1.29, 1.82) is 10.5 Å². The Hall–Kier alpha value is -4.24. The number of rotatable bonds is 1. The minimum absolute atomic E-state index is 0.387. The second kappa shape index (κ2) is 6.13. The fraction of sp³-hybridized carbons (Fsp3) is 0.0400. The van der Waals surface area contributed by atoms with Crippen LogP contribution in [-0.4, -0.2) is 10.6 Å². The lowest BCUT2D eigenvalue weighted by atomic mass is 10.1. The largest absolute Gasteiger partial charge is 0.358 e. The summed E-state index contributed by atoms with van der Waals surface area (Å²) in [6.45, 7) is 0. The predicted octanol–water partition coefficient (Wildman–Crippen LogP) is 5.51. The number of nitriles is 2. The number of dihydropyridines is 1. The summed E-state index contributed by atoms with van der Waals surface area (Å²) in [6.07, 6.45) is 3.67. The van der Waals surface area contributed by atoms with E-state index in [-0.39, 0.29) is 0 Å². The fourth-order valence-electron chi connectivity index (χ4n) is 4.24. The van der Waals surface area contributed by atoms with Gasteiger partial charge in [0, 0.05) is 31.9 Å². The Morgan fingerprint density at radius 1 is 1.00 bits per heavy atom. The van der Waals surface area contributed by atoms with Crippen molar-refractivity contribution in [3.05, 3.63) is 78.5 Å². The Bertz CT molecular complexity index is 1650. The summed E-state index contributed by atoms with van der Waals surface area (Å²) in [5.41, 5.74) is 3.31. The Labute approximate surface area is 176 Å². The van der Waals surface area contributed by atoms with Crippen molar-refractivity contribution in [1.82, 2.24) is 9.88 Å². The summed E-state index contributed by atoms with van der Waals surface area (Å²) in [6, 6.07) is 26.7. The van der Waals surface area contributed by atoms with Crippen LogP contribution in [0.1, 0.15) is 0 Å². The molecular weight excluding hydrogens is 388 g/mol.